The molecule has 0 unspecified atom stereocenters. The number of ether oxygens (including phenoxy) is 1. The highest BCUT2D eigenvalue weighted by Gasteiger charge is 2.07. The van der Waals surface area contributed by atoms with Gasteiger partial charge in [0.1, 0.15) is 11.5 Å². The van der Waals surface area contributed by atoms with Crippen LogP contribution in [0.4, 0.5) is 0 Å². The first-order valence-electron chi connectivity index (χ1n) is 4.05. The summed E-state index contributed by atoms with van der Waals surface area (Å²) in [5.41, 5.74) is 0.357. The van der Waals surface area contributed by atoms with Crippen LogP contribution in [0.25, 0.3) is 0 Å². The lowest BCUT2D eigenvalue weighted by molar-refractivity contribution is 0.111. The van der Waals surface area contributed by atoms with E-state index in [9.17, 15) is 4.79 Å². The molecular weight excluding hydrogens is 168 g/mol. The lowest BCUT2D eigenvalue weighted by atomic mass is 10.2. The zero-order valence-corrected chi connectivity index (χ0v) is 7.94. The van der Waals surface area contributed by atoms with E-state index in [4.69, 9.17) is 4.74 Å². The molecule has 0 amide bonds. The highest BCUT2D eigenvalue weighted by molar-refractivity contribution is 5.72. The Kier molecular flexibility index (Phi) is 2.95. The SMILES string of the molecule is COc1cc(C=O)nc(C(C)C)n1. The highest BCUT2D eigenvalue weighted by Crippen LogP contribution is 2.14. The predicted molar refractivity (Wildman–Crippen MR) is 48.1 cm³/mol. The van der Waals surface area contributed by atoms with Gasteiger partial charge in [-0.15, -0.1) is 0 Å². The molecule has 0 aliphatic rings. The molecule has 0 radical (unpaired) electrons. The fourth-order valence-electron chi connectivity index (χ4n) is 0.884. The molecule has 0 saturated heterocycles. The normalized spacial score (nSPS) is 10.2. The molecular formula is C9H12N2O2. The summed E-state index contributed by atoms with van der Waals surface area (Å²) < 4.78 is 4.94. The second-order valence-corrected chi connectivity index (χ2v) is 2.97. The summed E-state index contributed by atoms with van der Waals surface area (Å²) in [5, 5.41) is 0. The second kappa shape index (κ2) is 3.98. The molecule has 0 spiro atoms. The van der Waals surface area contributed by atoms with E-state index >= 15 is 0 Å². The fraction of sp³-hybridized carbons (Fsp3) is 0.444. The van der Waals surface area contributed by atoms with Gasteiger partial charge in [0, 0.05) is 12.0 Å². The molecule has 0 aliphatic heterocycles. The van der Waals surface area contributed by atoms with E-state index in [-0.39, 0.29) is 5.92 Å². The number of carbonyl (C=O) groups is 1. The van der Waals surface area contributed by atoms with Crippen LogP contribution in [0.1, 0.15) is 36.1 Å². The molecule has 0 aliphatic carbocycles. The Morgan fingerprint density at radius 3 is 2.62 bits per heavy atom. The number of aldehydes is 1. The Bertz CT molecular complexity index is 310. The summed E-state index contributed by atoms with van der Waals surface area (Å²) in [6, 6.07) is 1.51. The first-order valence-corrected chi connectivity index (χ1v) is 4.05. The predicted octanol–water partition coefficient (Wildman–Crippen LogP) is 1.42. The van der Waals surface area contributed by atoms with Crippen molar-refractivity contribution < 1.29 is 9.53 Å². The molecule has 1 heterocycles. The maximum absolute atomic E-state index is 10.5. The topological polar surface area (TPSA) is 52.1 Å². The van der Waals surface area contributed by atoms with Crippen LogP contribution in [-0.4, -0.2) is 23.4 Å². The Morgan fingerprint density at radius 2 is 2.15 bits per heavy atom. The summed E-state index contributed by atoms with van der Waals surface area (Å²) in [7, 11) is 1.51. The summed E-state index contributed by atoms with van der Waals surface area (Å²) in [6.45, 7) is 3.92. The van der Waals surface area contributed by atoms with Crippen molar-refractivity contribution in [3.05, 3.63) is 17.6 Å². The molecule has 0 bridgehead atoms. The number of methoxy groups -OCH3 is 1. The third-order valence-electron chi connectivity index (χ3n) is 1.59. The molecule has 1 rings (SSSR count). The number of aromatic nitrogens is 2. The Morgan fingerprint density at radius 1 is 1.46 bits per heavy atom. The van der Waals surface area contributed by atoms with Gasteiger partial charge in [-0.3, -0.25) is 4.79 Å². The number of hydrogen-bond donors (Lipinski definition) is 0. The van der Waals surface area contributed by atoms with Gasteiger partial charge in [-0.1, -0.05) is 13.8 Å². The number of hydrogen-bond acceptors (Lipinski definition) is 4. The molecule has 0 N–H and O–H groups in total. The third-order valence-corrected chi connectivity index (χ3v) is 1.59. The minimum absolute atomic E-state index is 0.189. The first kappa shape index (κ1) is 9.64. The average Bonchev–Trinajstić information content (AvgIpc) is 2.16. The van der Waals surface area contributed by atoms with Crippen LogP contribution in [-0.2, 0) is 0 Å². The van der Waals surface area contributed by atoms with E-state index < -0.39 is 0 Å². The van der Waals surface area contributed by atoms with Crippen LogP contribution in [0.3, 0.4) is 0 Å². The van der Waals surface area contributed by atoms with E-state index in [0.29, 0.717) is 23.7 Å². The molecule has 0 fully saturated rings. The van der Waals surface area contributed by atoms with Crippen molar-refractivity contribution in [3.8, 4) is 5.88 Å². The van der Waals surface area contributed by atoms with E-state index in [1.807, 2.05) is 13.8 Å². The van der Waals surface area contributed by atoms with Crippen LogP contribution < -0.4 is 4.74 Å². The maximum Gasteiger partial charge on any atom is 0.217 e. The monoisotopic (exact) mass is 180 g/mol. The van der Waals surface area contributed by atoms with Gasteiger partial charge in [-0.25, -0.2) is 4.98 Å². The number of nitrogens with zero attached hydrogens (tertiary/aromatic N) is 2. The van der Waals surface area contributed by atoms with Crippen molar-refractivity contribution in [3.63, 3.8) is 0 Å². The molecule has 0 atom stereocenters. The van der Waals surface area contributed by atoms with Gasteiger partial charge in [-0.2, -0.15) is 4.98 Å². The first-order chi connectivity index (χ1) is 6.17. The molecule has 1 aromatic heterocycles. The molecule has 13 heavy (non-hydrogen) atoms. The van der Waals surface area contributed by atoms with Crippen molar-refractivity contribution in [2.45, 2.75) is 19.8 Å². The number of carbonyl (C=O) groups excluding carboxylic acids is 1. The zero-order chi connectivity index (χ0) is 9.84. The summed E-state index contributed by atoms with van der Waals surface area (Å²) in [4.78, 5) is 18.7. The minimum atomic E-state index is 0.189. The largest absolute Gasteiger partial charge is 0.481 e. The molecule has 0 saturated carbocycles. The van der Waals surface area contributed by atoms with Gasteiger partial charge in [0.2, 0.25) is 5.88 Å². The molecule has 4 heteroatoms. The van der Waals surface area contributed by atoms with Crippen LogP contribution in [0.5, 0.6) is 5.88 Å². The fourth-order valence-corrected chi connectivity index (χ4v) is 0.884. The lowest BCUT2D eigenvalue weighted by Gasteiger charge is -2.05. The van der Waals surface area contributed by atoms with E-state index in [1.165, 1.54) is 13.2 Å². The summed E-state index contributed by atoms with van der Waals surface area (Å²) in [6.07, 6.45) is 0.691. The van der Waals surface area contributed by atoms with Crippen molar-refractivity contribution in [1.82, 2.24) is 9.97 Å². The lowest BCUT2D eigenvalue weighted by Crippen LogP contribution is -2.02. The van der Waals surface area contributed by atoms with Crippen LogP contribution >= 0.6 is 0 Å². The van der Waals surface area contributed by atoms with Gasteiger partial charge in [0.05, 0.1) is 7.11 Å². The molecule has 1 aromatic rings. The second-order valence-electron chi connectivity index (χ2n) is 2.97. The Balaban J connectivity index is 3.14. The van der Waals surface area contributed by atoms with E-state index in [0.717, 1.165) is 0 Å². The molecule has 4 nitrogen and oxygen atoms in total. The van der Waals surface area contributed by atoms with Crippen molar-refractivity contribution >= 4 is 6.29 Å². The van der Waals surface area contributed by atoms with Crippen molar-refractivity contribution in [2.24, 2.45) is 0 Å². The standard InChI is InChI=1S/C9H12N2O2/c1-6(2)9-10-7(5-12)4-8(11-9)13-3/h4-6H,1-3H3. The van der Waals surface area contributed by atoms with Gasteiger partial charge in [-0.05, 0) is 0 Å². The van der Waals surface area contributed by atoms with Gasteiger partial charge in [0.25, 0.3) is 0 Å². The van der Waals surface area contributed by atoms with Crippen LogP contribution in [0.2, 0.25) is 0 Å². The summed E-state index contributed by atoms with van der Waals surface area (Å²) >= 11 is 0. The Labute approximate surface area is 77.0 Å². The third kappa shape index (κ3) is 2.24. The van der Waals surface area contributed by atoms with Gasteiger partial charge >= 0.3 is 0 Å². The quantitative estimate of drug-likeness (QED) is 0.660. The smallest absolute Gasteiger partial charge is 0.217 e. The average molecular weight is 180 g/mol. The highest BCUT2D eigenvalue weighted by atomic mass is 16.5. The minimum Gasteiger partial charge on any atom is -0.481 e. The zero-order valence-electron chi connectivity index (χ0n) is 7.94. The maximum atomic E-state index is 10.5. The van der Waals surface area contributed by atoms with Crippen LogP contribution in [0, 0.1) is 0 Å². The van der Waals surface area contributed by atoms with Gasteiger partial charge < -0.3 is 4.74 Å². The Hall–Kier alpha value is -1.45. The van der Waals surface area contributed by atoms with Crippen molar-refractivity contribution in [2.75, 3.05) is 7.11 Å². The molecule has 70 valence electrons. The van der Waals surface area contributed by atoms with E-state index in [2.05, 4.69) is 9.97 Å². The van der Waals surface area contributed by atoms with Crippen LogP contribution in [0.15, 0.2) is 6.07 Å². The molecule has 0 aromatic carbocycles. The van der Waals surface area contributed by atoms with Crippen molar-refractivity contribution in [1.29, 1.82) is 0 Å². The van der Waals surface area contributed by atoms with E-state index in [1.54, 1.807) is 0 Å². The number of rotatable bonds is 3. The summed E-state index contributed by atoms with van der Waals surface area (Å²) in [5.74, 6) is 1.25. The van der Waals surface area contributed by atoms with Gasteiger partial charge in [0.15, 0.2) is 6.29 Å².